The summed E-state index contributed by atoms with van der Waals surface area (Å²) in [6, 6.07) is 18.5. The first kappa shape index (κ1) is 23.5. The van der Waals surface area contributed by atoms with Crippen molar-refractivity contribution in [1.82, 2.24) is 19.9 Å². The molecule has 0 fully saturated rings. The third-order valence-electron chi connectivity index (χ3n) is 4.97. The molecular weight excluding hydrogens is 506 g/mol. The zero-order chi connectivity index (χ0) is 25.3. The second-order valence-electron chi connectivity index (χ2n) is 7.43. The molecule has 0 saturated carbocycles. The summed E-state index contributed by atoms with van der Waals surface area (Å²) < 4.78 is 55.8. The van der Waals surface area contributed by atoms with Gasteiger partial charge in [0, 0.05) is 11.8 Å². The highest BCUT2D eigenvalue weighted by molar-refractivity contribution is 7.92. The van der Waals surface area contributed by atoms with E-state index in [1.54, 1.807) is 18.2 Å². The summed E-state index contributed by atoms with van der Waals surface area (Å²) in [6.07, 6.45) is 1.52. The molecule has 0 aliphatic rings. The summed E-state index contributed by atoms with van der Waals surface area (Å²) in [5.41, 5.74) is 7.90. The zero-order valence-corrected chi connectivity index (χ0v) is 19.9. The highest BCUT2D eigenvalue weighted by Gasteiger charge is 2.25. The van der Waals surface area contributed by atoms with Crippen molar-refractivity contribution in [3.05, 3.63) is 90.6 Å². The Morgan fingerprint density at radius 3 is 2.25 bits per heavy atom. The van der Waals surface area contributed by atoms with Crippen molar-refractivity contribution in [2.45, 2.75) is 4.90 Å². The van der Waals surface area contributed by atoms with Crippen LogP contribution in [-0.4, -0.2) is 28.4 Å². The van der Waals surface area contributed by atoms with E-state index in [4.69, 9.17) is 10.7 Å². The molecule has 0 saturated heterocycles. The molecule has 0 amide bonds. The third-order valence-corrected chi connectivity index (χ3v) is 7.51. The van der Waals surface area contributed by atoms with E-state index in [0.717, 1.165) is 23.8 Å². The molecule has 0 spiro atoms. The van der Waals surface area contributed by atoms with Crippen LogP contribution in [0.5, 0.6) is 0 Å². The average Bonchev–Trinajstić information content (AvgIpc) is 3.30. The summed E-state index contributed by atoms with van der Waals surface area (Å²) in [7, 11) is -4.60. The molecule has 3 N–H and O–H groups in total. The first-order valence-corrected chi connectivity index (χ1v) is 12.7. The van der Waals surface area contributed by atoms with Crippen molar-refractivity contribution in [3.8, 4) is 32.5 Å². The molecule has 0 bridgehead atoms. The highest BCUT2D eigenvalue weighted by atomic mass is 32.2. The fourth-order valence-corrected chi connectivity index (χ4v) is 5.61. The van der Waals surface area contributed by atoms with Gasteiger partial charge in [-0.2, -0.15) is 0 Å². The maximum atomic E-state index is 14.1. The molecule has 5 rings (SSSR count). The molecule has 0 unspecified atom stereocenters. The van der Waals surface area contributed by atoms with Crippen molar-refractivity contribution in [1.29, 1.82) is 0 Å². The molecule has 8 nitrogen and oxygen atoms in total. The quantitative estimate of drug-likeness (QED) is 0.322. The van der Waals surface area contributed by atoms with Crippen LogP contribution in [0.1, 0.15) is 0 Å². The number of nitrogens with one attached hydrogen (secondary N) is 1. The van der Waals surface area contributed by atoms with Crippen LogP contribution in [0.15, 0.2) is 83.9 Å². The number of anilines is 2. The van der Waals surface area contributed by atoms with E-state index in [2.05, 4.69) is 19.7 Å². The molecular formula is C24H16F2N6O2S2. The molecule has 0 aliphatic heterocycles. The largest absolute Gasteiger partial charge is 0.368 e. The van der Waals surface area contributed by atoms with Crippen LogP contribution in [0, 0.1) is 11.6 Å². The van der Waals surface area contributed by atoms with E-state index < -0.39 is 26.6 Å². The van der Waals surface area contributed by atoms with Crippen molar-refractivity contribution in [2.75, 3.05) is 10.5 Å². The topological polar surface area (TPSA) is 124 Å². The summed E-state index contributed by atoms with van der Waals surface area (Å²) in [5, 5.41) is 0.680. The van der Waals surface area contributed by atoms with Gasteiger partial charge in [0.1, 0.15) is 28.2 Å². The lowest BCUT2D eigenvalue weighted by atomic mass is 10.2. The molecule has 2 aromatic carbocycles. The number of pyridine rings is 1. The Morgan fingerprint density at radius 1 is 0.806 bits per heavy atom. The van der Waals surface area contributed by atoms with Gasteiger partial charge in [-0.1, -0.05) is 42.5 Å². The van der Waals surface area contributed by atoms with Crippen LogP contribution >= 0.6 is 11.3 Å². The van der Waals surface area contributed by atoms with Crippen LogP contribution < -0.4 is 10.5 Å². The van der Waals surface area contributed by atoms with Crippen LogP contribution in [0.2, 0.25) is 0 Å². The lowest BCUT2D eigenvalue weighted by Gasteiger charge is -2.10. The van der Waals surface area contributed by atoms with Crippen molar-refractivity contribution in [3.63, 3.8) is 0 Å². The summed E-state index contributed by atoms with van der Waals surface area (Å²) in [6.45, 7) is 0. The number of thiazole rings is 1. The minimum atomic E-state index is -4.60. The monoisotopic (exact) mass is 522 g/mol. The first-order valence-electron chi connectivity index (χ1n) is 10.4. The van der Waals surface area contributed by atoms with Crippen LogP contribution in [-0.2, 0) is 10.0 Å². The van der Waals surface area contributed by atoms with Gasteiger partial charge >= 0.3 is 0 Å². The normalized spacial score (nSPS) is 11.4. The Hall–Kier alpha value is -4.29. The van der Waals surface area contributed by atoms with E-state index in [1.165, 1.54) is 23.6 Å². The maximum Gasteiger partial charge on any atom is 0.268 e. The van der Waals surface area contributed by atoms with Gasteiger partial charge in [0.25, 0.3) is 10.0 Å². The van der Waals surface area contributed by atoms with Gasteiger partial charge in [0.05, 0.1) is 16.3 Å². The highest BCUT2D eigenvalue weighted by Crippen LogP contribution is 2.39. The Bertz CT molecular complexity index is 1660. The van der Waals surface area contributed by atoms with Gasteiger partial charge in [-0.25, -0.2) is 37.1 Å². The third kappa shape index (κ3) is 4.63. The predicted molar refractivity (Wildman–Crippen MR) is 133 cm³/mol. The maximum absolute atomic E-state index is 14.1. The second-order valence-corrected chi connectivity index (χ2v) is 10.0. The minimum Gasteiger partial charge on any atom is -0.368 e. The fourth-order valence-electron chi connectivity index (χ4n) is 3.42. The average molecular weight is 523 g/mol. The number of benzene rings is 2. The van der Waals surface area contributed by atoms with Crippen LogP contribution in [0.25, 0.3) is 32.5 Å². The van der Waals surface area contributed by atoms with E-state index in [-0.39, 0.29) is 11.8 Å². The Morgan fingerprint density at radius 2 is 1.53 bits per heavy atom. The standard InChI is InChI=1S/C24H16F2N6O2S2/c25-15-8-4-9-16(26)22(15)36(33,34)32-19-11-5-10-17(29-19)20-21(18-12-13-28-24(27)30-18)35-23(31-20)14-6-2-1-3-7-14/h1-13H,(H,29,32)(H2,27,28,30). The minimum absolute atomic E-state index is 0.0782. The van der Waals surface area contributed by atoms with Gasteiger partial charge < -0.3 is 5.73 Å². The molecule has 0 aliphatic carbocycles. The number of nitrogens with zero attached hydrogens (tertiary/aromatic N) is 4. The lowest BCUT2D eigenvalue weighted by Crippen LogP contribution is -2.17. The molecule has 180 valence electrons. The van der Waals surface area contributed by atoms with Gasteiger partial charge in [-0.15, -0.1) is 11.3 Å². The fraction of sp³-hybridized carbons (Fsp3) is 0. The van der Waals surface area contributed by atoms with E-state index >= 15 is 0 Å². The van der Waals surface area contributed by atoms with Crippen LogP contribution in [0.4, 0.5) is 20.5 Å². The predicted octanol–water partition coefficient (Wildman–Crippen LogP) is 4.99. The van der Waals surface area contributed by atoms with Crippen molar-refractivity contribution < 1.29 is 17.2 Å². The number of sulfonamides is 1. The van der Waals surface area contributed by atoms with Gasteiger partial charge in [0.15, 0.2) is 4.90 Å². The van der Waals surface area contributed by atoms with Crippen LogP contribution in [0.3, 0.4) is 0 Å². The Labute approximate surface area is 208 Å². The van der Waals surface area contributed by atoms with Gasteiger partial charge in [-0.3, -0.25) is 4.72 Å². The summed E-state index contributed by atoms with van der Waals surface area (Å²) >= 11 is 1.35. The molecule has 0 radical (unpaired) electrons. The Kier molecular flexibility index (Phi) is 6.12. The van der Waals surface area contributed by atoms with Gasteiger partial charge in [-0.05, 0) is 30.3 Å². The number of nitrogens with two attached hydrogens (primary N) is 1. The molecule has 3 aromatic heterocycles. The van der Waals surface area contributed by atoms with E-state index in [0.29, 0.717) is 27.0 Å². The van der Waals surface area contributed by atoms with Crippen molar-refractivity contribution in [2.24, 2.45) is 0 Å². The number of rotatable bonds is 6. The summed E-state index contributed by atoms with van der Waals surface area (Å²) in [4.78, 5) is 16.9. The molecule has 36 heavy (non-hydrogen) atoms. The molecule has 12 heteroatoms. The SMILES string of the molecule is Nc1nccc(-c2sc(-c3ccccc3)nc2-c2cccc(NS(=O)(=O)c3c(F)cccc3F)n2)n1. The zero-order valence-electron chi connectivity index (χ0n) is 18.3. The lowest BCUT2D eigenvalue weighted by molar-refractivity contribution is 0.521. The summed E-state index contributed by atoms with van der Waals surface area (Å²) in [5.74, 6) is -2.49. The molecule has 5 aromatic rings. The van der Waals surface area contributed by atoms with E-state index in [9.17, 15) is 17.2 Å². The number of aromatic nitrogens is 4. The van der Waals surface area contributed by atoms with Gasteiger partial charge in [0.2, 0.25) is 5.95 Å². The smallest absolute Gasteiger partial charge is 0.268 e. The Balaban J connectivity index is 1.59. The van der Waals surface area contributed by atoms with Crippen molar-refractivity contribution >= 4 is 33.1 Å². The molecule has 3 heterocycles. The molecule has 0 atom stereocenters. The first-order chi connectivity index (χ1) is 17.3. The number of hydrogen-bond donors (Lipinski definition) is 2. The number of halogens is 2. The van der Waals surface area contributed by atoms with E-state index in [1.807, 2.05) is 30.3 Å². The number of hydrogen-bond acceptors (Lipinski definition) is 8. The number of nitrogen functional groups attached to an aromatic ring is 1. The second kappa shape index (κ2) is 9.40.